The highest BCUT2D eigenvalue weighted by molar-refractivity contribution is 9.11. The molecule has 0 unspecified atom stereocenters. The van der Waals surface area contributed by atoms with E-state index < -0.39 is 10.0 Å². The SMILES string of the molecule is Cc1sc(Br)cc1S(=O)(=O)N1CC[C@@H](N)C1.Cl. The summed E-state index contributed by atoms with van der Waals surface area (Å²) in [5.41, 5.74) is 5.73. The number of nitrogens with two attached hydrogens (primary N) is 1. The maximum Gasteiger partial charge on any atom is 0.244 e. The number of halogens is 2. The van der Waals surface area contributed by atoms with Gasteiger partial charge >= 0.3 is 0 Å². The van der Waals surface area contributed by atoms with Crippen LogP contribution >= 0.6 is 39.7 Å². The zero-order valence-electron chi connectivity index (χ0n) is 9.22. The van der Waals surface area contributed by atoms with E-state index in [1.807, 2.05) is 6.92 Å². The first-order chi connectivity index (χ1) is 7.41. The minimum absolute atomic E-state index is 0. The molecule has 0 saturated carbocycles. The number of hydrogen-bond acceptors (Lipinski definition) is 4. The van der Waals surface area contributed by atoms with Gasteiger partial charge in [-0.25, -0.2) is 8.42 Å². The molecule has 0 aliphatic carbocycles. The van der Waals surface area contributed by atoms with E-state index in [0.29, 0.717) is 18.0 Å². The van der Waals surface area contributed by atoms with Gasteiger partial charge in [-0.3, -0.25) is 0 Å². The van der Waals surface area contributed by atoms with Crippen molar-refractivity contribution in [1.29, 1.82) is 0 Å². The normalized spacial score (nSPS) is 21.5. The number of hydrogen-bond donors (Lipinski definition) is 1. The van der Waals surface area contributed by atoms with Crippen molar-refractivity contribution in [2.75, 3.05) is 13.1 Å². The van der Waals surface area contributed by atoms with Gasteiger partial charge in [0.05, 0.1) is 8.68 Å². The summed E-state index contributed by atoms with van der Waals surface area (Å²) in [5, 5.41) is 0. The van der Waals surface area contributed by atoms with Gasteiger partial charge in [-0.15, -0.1) is 23.7 Å². The number of rotatable bonds is 2. The van der Waals surface area contributed by atoms with Crippen LogP contribution in [-0.2, 0) is 10.0 Å². The molecular weight excluding hydrogens is 348 g/mol. The van der Waals surface area contributed by atoms with Crippen molar-refractivity contribution >= 4 is 49.7 Å². The molecule has 0 radical (unpaired) electrons. The van der Waals surface area contributed by atoms with E-state index in [-0.39, 0.29) is 18.4 Å². The Morgan fingerprint density at radius 1 is 1.59 bits per heavy atom. The summed E-state index contributed by atoms with van der Waals surface area (Å²) in [5.74, 6) is 0. The molecule has 2 N–H and O–H groups in total. The summed E-state index contributed by atoms with van der Waals surface area (Å²) in [6, 6.07) is 1.64. The van der Waals surface area contributed by atoms with Crippen LogP contribution in [0.5, 0.6) is 0 Å². The van der Waals surface area contributed by atoms with Crippen LogP contribution in [0.3, 0.4) is 0 Å². The predicted molar refractivity (Wildman–Crippen MR) is 75.4 cm³/mol. The zero-order valence-corrected chi connectivity index (χ0v) is 13.3. The summed E-state index contributed by atoms with van der Waals surface area (Å²) < 4.78 is 26.9. The average molecular weight is 362 g/mol. The summed E-state index contributed by atoms with van der Waals surface area (Å²) in [7, 11) is -3.35. The van der Waals surface area contributed by atoms with Gasteiger partial charge < -0.3 is 5.73 Å². The van der Waals surface area contributed by atoms with Crippen molar-refractivity contribution in [2.45, 2.75) is 24.3 Å². The molecule has 8 heteroatoms. The first-order valence-corrected chi connectivity index (χ1v) is 7.98. The zero-order chi connectivity index (χ0) is 11.9. The van der Waals surface area contributed by atoms with Crippen molar-refractivity contribution in [3.05, 3.63) is 14.7 Å². The van der Waals surface area contributed by atoms with Crippen molar-refractivity contribution in [2.24, 2.45) is 5.73 Å². The van der Waals surface area contributed by atoms with E-state index in [9.17, 15) is 8.42 Å². The lowest BCUT2D eigenvalue weighted by molar-refractivity contribution is 0.472. The second-order valence-electron chi connectivity index (χ2n) is 3.88. The smallest absolute Gasteiger partial charge is 0.244 e. The van der Waals surface area contributed by atoms with Gasteiger partial charge in [0.2, 0.25) is 10.0 Å². The van der Waals surface area contributed by atoms with Crippen LogP contribution in [0.1, 0.15) is 11.3 Å². The molecule has 1 aromatic rings. The highest BCUT2D eigenvalue weighted by atomic mass is 79.9. The minimum atomic E-state index is -3.35. The van der Waals surface area contributed by atoms with Gasteiger partial charge in [-0.1, -0.05) is 0 Å². The first kappa shape index (κ1) is 15.4. The van der Waals surface area contributed by atoms with Gasteiger partial charge in [0, 0.05) is 24.0 Å². The summed E-state index contributed by atoms with van der Waals surface area (Å²) in [6.07, 6.45) is 0.740. The Labute approximate surface area is 120 Å². The third kappa shape index (κ3) is 3.02. The van der Waals surface area contributed by atoms with Crippen LogP contribution in [-0.4, -0.2) is 31.9 Å². The largest absolute Gasteiger partial charge is 0.326 e. The molecule has 0 spiro atoms. The summed E-state index contributed by atoms with van der Waals surface area (Å²) in [6.45, 7) is 2.77. The Morgan fingerprint density at radius 3 is 2.65 bits per heavy atom. The molecule has 4 nitrogen and oxygen atoms in total. The molecule has 1 aromatic heterocycles. The average Bonchev–Trinajstić information content (AvgIpc) is 2.73. The Balaban J connectivity index is 0.00000144. The molecule has 2 heterocycles. The number of sulfonamides is 1. The molecule has 1 atom stereocenters. The standard InChI is InChI=1S/C9H13BrN2O2S2.ClH/c1-6-8(4-9(10)15-6)16(13,14)12-3-2-7(11)5-12;/h4,7H,2-3,5,11H2,1H3;1H/t7-;/m1./s1. The fraction of sp³-hybridized carbons (Fsp3) is 0.556. The molecule has 2 rings (SSSR count). The highest BCUT2D eigenvalue weighted by Gasteiger charge is 2.32. The molecule has 0 bridgehead atoms. The third-order valence-electron chi connectivity index (χ3n) is 2.65. The topological polar surface area (TPSA) is 63.4 Å². The first-order valence-electron chi connectivity index (χ1n) is 4.93. The predicted octanol–water partition coefficient (Wildman–Crippen LogP) is 1.96. The monoisotopic (exact) mass is 360 g/mol. The Bertz CT molecular complexity index is 503. The van der Waals surface area contributed by atoms with Gasteiger partial charge in [0.15, 0.2) is 0 Å². The van der Waals surface area contributed by atoms with Crippen LogP contribution < -0.4 is 5.73 Å². The van der Waals surface area contributed by atoms with E-state index in [2.05, 4.69) is 15.9 Å². The number of aryl methyl sites for hydroxylation is 1. The van der Waals surface area contributed by atoms with Crippen molar-refractivity contribution in [3.63, 3.8) is 0 Å². The van der Waals surface area contributed by atoms with Crippen LogP contribution in [0.2, 0.25) is 0 Å². The van der Waals surface area contributed by atoms with E-state index in [4.69, 9.17) is 5.73 Å². The second kappa shape index (κ2) is 5.54. The van der Waals surface area contributed by atoms with Crippen LogP contribution in [0.4, 0.5) is 0 Å². The molecule has 1 fully saturated rings. The molecular formula is C9H14BrClN2O2S2. The van der Waals surface area contributed by atoms with Crippen molar-refractivity contribution < 1.29 is 8.42 Å². The van der Waals surface area contributed by atoms with Gasteiger partial charge in [-0.05, 0) is 35.3 Å². The molecule has 98 valence electrons. The van der Waals surface area contributed by atoms with Crippen LogP contribution in [0.15, 0.2) is 14.7 Å². The molecule has 1 aliphatic heterocycles. The number of nitrogens with zero attached hydrogens (tertiary/aromatic N) is 1. The van der Waals surface area contributed by atoms with Gasteiger partial charge in [0.25, 0.3) is 0 Å². The van der Waals surface area contributed by atoms with Crippen molar-refractivity contribution in [3.8, 4) is 0 Å². The highest BCUT2D eigenvalue weighted by Crippen LogP contribution is 2.32. The third-order valence-corrected chi connectivity index (χ3v) is 6.32. The van der Waals surface area contributed by atoms with Gasteiger partial charge in [0.1, 0.15) is 0 Å². The fourth-order valence-electron chi connectivity index (χ4n) is 1.80. The second-order valence-corrected chi connectivity index (χ2v) is 8.42. The Kier molecular flexibility index (Phi) is 5.02. The Hall–Kier alpha value is 0.340. The maximum absolute atomic E-state index is 12.3. The van der Waals surface area contributed by atoms with E-state index in [1.54, 1.807) is 6.07 Å². The molecule has 0 aromatic carbocycles. The van der Waals surface area contributed by atoms with E-state index >= 15 is 0 Å². The van der Waals surface area contributed by atoms with Crippen molar-refractivity contribution in [1.82, 2.24) is 4.31 Å². The van der Waals surface area contributed by atoms with Crippen LogP contribution in [0.25, 0.3) is 0 Å². The van der Waals surface area contributed by atoms with Crippen LogP contribution in [0, 0.1) is 6.92 Å². The molecule has 1 aliphatic rings. The summed E-state index contributed by atoms with van der Waals surface area (Å²) in [4.78, 5) is 1.21. The lowest BCUT2D eigenvalue weighted by Crippen LogP contribution is -2.32. The Morgan fingerprint density at radius 2 is 2.24 bits per heavy atom. The lowest BCUT2D eigenvalue weighted by atomic mass is 10.3. The molecule has 1 saturated heterocycles. The fourth-order valence-corrected chi connectivity index (χ4v) is 5.69. The quantitative estimate of drug-likeness (QED) is 0.876. The lowest BCUT2D eigenvalue weighted by Gasteiger charge is -2.15. The van der Waals surface area contributed by atoms with E-state index in [0.717, 1.165) is 15.1 Å². The summed E-state index contributed by atoms with van der Waals surface area (Å²) >= 11 is 4.74. The van der Waals surface area contributed by atoms with E-state index in [1.165, 1.54) is 15.6 Å². The molecule has 17 heavy (non-hydrogen) atoms. The molecule has 0 amide bonds. The number of thiophene rings is 1. The minimum Gasteiger partial charge on any atom is -0.326 e. The maximum atomic E-state index is 12.3. The van der Waals surface area contributed by atoms with Gasteiger partial charge in [-0.2, -0.15) is 4.31 Å².